The van der Waals surface area contributed by atoms with Gasteiger partial charge in [-0.25, -0.2) is 9.97 Å². The van der Waals surface area contributed by atoms with Gasteiger partial charge in [-0.3, -0.25) is 9.69 Å². The highest BCUT2D eigenvalue weighted by atomic mass is 16.5. The second-order valence-corrected chi connectivity index (χ2v) is 12.2. The average Bonchev–Trinajstić information content (AvgIpc) is 2.97. The molecule has 1 amide bonds. The molecule has 3 aliphatic heterocycles. The fourth-order valence-corrected chi connectivity index (χ4v) is 6.52. The molecule has 1 aromatic carbocycles. The first kappa shape index (κ1) is 32.4. The lowest BCUT2D eigenvalue weighted by atomic mass is 9.43. The summed E-state index contributed by atoms with van der Waals surface area (Å²) in [5.41, 5.74) is 5.97. The second kappa shape index (κ2) is 13.2. The Balaban J connectivity index is 1.40. The molecule has 230 valence electrons. The van der Waals surface area contributed by atoms with Crippen molar-refractivity contribution in [1.82, 2.24) is 19.8 Å². The number of carbonyl (C=O) groups is 1. The van der Waals surface area contributed by atoms with Gasteiger partial charge in [0.2, 0.25) is 0 Å². The molecule has 4 heterocycles. The van der Waals surface area contributed by atoms with Crippen molar-refractivity contribution in [2.45, 2.75) is 49.0 Å². The number of hydrogen-bond donors (Lipinski definition) is 4. The van der Waals surface area contributed by atoms with Crippen LogP contribution in [0.25, 0.3) is 0 Å². The smallest absolute Gasteiger partial charge is 0.271 e. The molecule has 44 heavy (non-hydrogen) atoms. The van der Waals surface area contributed by atoms with E-state index in [4.69, 9.17) is 43.7 Å². The van der Waals surface area contributed by atoms with Crippen LogP contribution >= 0.6 is 0 Å². The molecule has 0 aliphatic carbocycles. The number of likely N-dealkylation sites (N-methyl/N-ethyl adjacent to an activating group) is 1. The van der Waals surface area contributed by atoms with Crippen molar-refractivity contribution in [3.05, 3.63) is 29.6 Å². The first-order chi connectivity index (χ1) is 20.9. The number of primary amides is 1. The van der Waals surface area contributed by atoms with Crippen LogP contribution in [-0.4, -0.2) is 139 Å². The summed E-state index contributed by atoms with van der Waals surface area (Å²) in [6.45, 7) is 6.74. The van der Waals surface area contributed by atoms with E-state index in [1.165, 1.54) is 0 Å². The predicted molar refractivity (Wildman–Crippen MR) is 174 cm³/mol. The first-order valence-corrected chi connectivity index (χ1v) is 15.2. The Labute approximate surface area is 263 Å². The molecular formula is C29H41B3N8O4. The number of aliphatic hydroxyl groups is 1. The largest absolute Gasteiger partial charge is 0.495 e. The Morgan fingerprint density at radius 1 is 1.14 bits per heavy atom. The van der Waals surface area contributed by atoms with Gasteiger partial charge in [0.25, 0.3) is 5.91 Å². The summed E-state index contributed by atoms with van der Waals surface area (Å²) >= 11 is 0. The number of piperidine rings is 1. The highest BCUT2D eigenvalue weighted by Crippen LogP contribution is 2.43. The molecule has 0 bridgehead atoms. The van der Waals surface area contributed by atoms with Gasteiger partial charge in [0.1, 0.15) is 13.6 Å². The number of benzene rings is 1. The van der Waals surface area contributed by atoms with Crippen molar-refractivity contribution >= 4 is 52.5 Å². The predicted octanol–water partition coefficient (Wildman–Crippen LogP) is 0.227. The van der Waals surface area contributed by atoms with Crippen LogP contribution in [-0.2, 0) is 11.2 Å². The molecule has 2 aromatic rings. The number of aryl methyl sites for hydroxylation is 1. The zero-order chi connectivity index (χ0) is 31.6. The van der Waals surface area contributed by atoms with E-state index in [0.29, 0.717) is 61.4 Å². The van der Waals surface area contributed by atoms with Crippen LogP contribution in [0.1, 0.15) is 35.9 Å². The van der Waals surface area contributed by atoms with Crippen LogP contribution in [0.15, 0.2) is 18.2 Å². The number of nitrogens with two attached hydrogens (primary N) is 1. The number of amides is 1. The maximum absolute atomic E-state index is 12.4. The molecule has 0 spiro atoms. The third kappa shape index (κ3) is 6.95. The molecule has 15 heteroatoms. The summed E-state index contributed by atoms with van der Waals surface area (Å²) in [6, 6.07) is 4.95. The minimum absolute atomic E-state index is 0.0395. The van der Waals surface area contributed by atoms with E-state index in [1.807, 2.05) is 17.9 Å². The number of piperazine rings is 1. The third-order valence-corrected chi connectivity index (χ3v) is 8.68. The second-order valence-electron chi connectivity index (χ2n) is 12.2. The van der Waals surface area contributed by atoms with Gasteiger partial charge in [0.15, 0.2) is 17.3 Å². The van der Waals surface area contributed by atoms with E-state index >= 15 is 0 Å². The molecular weight excluding hydrogens is 557 g/mol. The Bertz CT molecular complexity index is 1320. The van der Waals surface area contributed by atoms with Gasteiger partial charge in [-0.05, 0) is 38.4 Å². The lowest BCUT2D eigenvalue weighted by Crippen LogP contribution is -2.71. The molecule has 12 nitrogen and oxygen atoms in total. The quantitative estimate of drug-likeness (QED) is 0.295. The maximum Gasteiger partial charge on any atom is 0.271 e. The number of carbonyl (C=O) groups excluding carboxylic acids is 1. The summed E-state index contributed by atoms with van der Waals surface area (Å²) in [6.07, 6.45) is 2.27. The van der Waals surface area contributed by atoms with Crippen LogP contribution in [0.4, 0.5) is 23.0 Å². The van der Waals surface area contributed by atoms with E-state index in [1.54, 1.807) is 19.2 Å². The maximum atomic E-state index is 12.4. The van der Waals surface area contributed by atoms with Crippen LogP contribution in [0.2, 0.25) is 5.21 Å². The standard InChI is InChI=1S/C29H41B3N8O4/c1-4-20-25(34-18-7-13-44-14-8-18)37-26(23(36-20)24(33)41)35-19-5-6-21(22(15-19)43-3)40-16-28(30,31)27(29(32,42)17-40)39-11-9-38(2)10-12-39/h5-6,15,18,27,42H,4,7-14,16-17H2,1-3H3,(H2,33,41)(H2,34,35,37). The van der Waals surface area contributed by atoms with Crippen molar-refractivity contribution in [3.63, 3.8) is 0 Å². The number of β-amino-alcohol motifs (C(OH)–C–C–N with tert-alkyl or cyclic N) is 1. The molecule has 1 aromatic heterocycles. The monoisotopic (exact) mass is 598 g/mol. The number of ether oxygens (including phenoxy) is 2. The molecule has 3 aliphatic rings. The van der Waals surface area contributed by atoms with Crippen LogP contribution in [0.3, 0.4) is 0 Å². The Morgan fingerprint density at radius 2 is 1.84 bits per heavy atom. The van der Waals surface area contributed by atoms with Crippen molar-refractivity contribution in [2.75, 3.05) is 82.2 Å². The van der Waals surface area contributed by atoms with Gasteiger partial charge in [-0.15, -0.1) is 0 Å². The van der Waals surface area contributed by atoms with Crippen molar-refractivity contribution in [2.24, 2.45) is 5.73 Å². The van der Waals surface area contributed by atoms with Crippen LogP contribution in [0.5, 0.6) is 5.75 Å². The van der Waals surface area contributed by atoms with E-state index in [2.05, 4.69) is 32.5 Å². The normalized spacial score (nSPS) is 25.0. The van der Waals surface area contributed by atoms with Crippen LogP contribution < -0.4 is 26.0 Å². The fourth-order valence-electron chi connectivity index (χ4n) is 6.52. The topological polar surface area (TPSA) is 141 Å². The van der Waals surface area contributed by atoms with Gasteiger partial charge in [-0.2, -0.15) is 0 Å². The SMILES string of the molecule is [B]C1([B])CN(c2ccc(Nc3nc(NC4CCOCC4)c(CC)nc3C(N)=O)cc2OC)CC([B])(O)C1N1CCN(C)CC1. The highest BCUT2D eigenvalue weighted by Gasteiger charge is 2.50. The van der Waals surface area contributed by atoms with Gasteiger partial charge >= 0.3 is 0 Å². The number of nitrogens with zero attached hydrogens (tertiary/aromatic N) is 5. The first-order valence-electron chi connectivity index (χ1n) is 15.2. The van der Waals surface area contributed by atoms with Crippen molar-refractivity contribution < 1.29 is 19.4 Å². The Morgan fingerprint density at radius 3 is 2.45 bits per heavy atom. The Hall–Kier alpha value is -3.00. The third-order valence-electron chi connectivity index (χ3n) is 8.68. The molecule has 0 saturated carbocycles. The van der Waals surface area contributed by atoms with Gasteiger partial charge < -0.3 is 40.7 Å². The lowest BCUT2D eigenvalue weighted by molar-refractivity contribution is -0.0189. The van der Waals surface area contributed by atoms with Crippen molar-refractivity contribution in [3.8, 4) is 5.75 Å². The van der Waals surface area contributed by atoms with E-state index < -0.39 is 22.7 Å². The number of hydrogen-bond acceptors (Lipinski definition) is 11. The van der Waals surface area contributed by atoms with Crippen LogP contribution in [0, 0.1) is 0 Å². The molecule has 3 fully saturated rings. The minimum Gasteiger partial charge on any atom is -0.495 e. The van der Waals surface area contributed by atoms with E-state index in [0.717, 1.165) is 25.9 Å². The summed E-state index contributed by atoms with van der Waals surface area (Å²) in [5, 5.41) is 16.9. The number of nitrogens with one attached hydrogen (secondary N) is 2. The van der Waals surface area contributed by atoms with Gasteiger partial charge in [0, 0.05) is 76.3 Å². The molecule has 6 radical (unpaired) electrons. The zero-order valence-corrected chi connectivity index (χ0v) is 25.9. The molecule has 2 unspecified atom stereocenters. The number of aromatic nitrogens is 2. The Kier molecular flexibility index (Phi) is 9.69. The average molecular weight is 598 g/mol. The number of methoxy groups -OCH3 is 1. The van der Waals surface area contributed by atoms with Gasteiger partial charge in [0.05, 0.1) is 39.7 Å². The van der Waals surface area contributed by atoms with Crippen molar-refractivity contribution in [1.29, 1.82) is 0 Å². The zero-order valence-electron chi connectivity index (χ0n) is 25.9. The minimum atomic E-state index is -1.68. The van der Waals surface area contributed by atoms with E-state index in [-0.39, 0.29) is 30.6 Å². The molecule has 2 atom stereocenters. The lowest BCUT2D eigenvalue weighted by Gasteiger charge is -2.58. The number of anilines is 4. The summed E-state index contributed by atoms with van der Waals surface area (Å²) in [4.78, 5) is 27.9. The summed E-state index contributed by atoms with van der Waals surface area (Å²) < 4.78 is 11.2. The summed E-state index contributed by atoms with van der Waals surface area (Å²) in [7, 11) is 23.5. The summed E-state index contributed by atoms with van der Waals surface area (Å²) in [5.74, 6) is 0.622. The number of rotatable bonds is 9. The fraction of sp³-hybridized carbons (Fsp3) is 0.621. The van der Waals surface area contributed by atoms with Gasteiger partial charge in [-0.1, -0.05) is 12.1 Å². The highest BCUT2D eigenvalue weighted by molar-refractivity contribution is 6.41. The molecule has 5 rings (SSSR count). The van der Waals surface area contributed by atoms with E-state index in [9.17, 15) is 9.90 Å². The molecule has 3 saturated heterocycles. The molecule has 5 N–H and O–H groups in total.